The van der Waals surface area contributed by atoms with E-state index in [2.05, 4.69) is 10.4 Å². The number of amides is 1. The molecule has 1 unspecified atom stereocenters. The van der Waals surface area contributed by atoms with E-state index in [9.17, 15) is 9.59 Å². The number of benzene rings is 1. The molecule has 7 heteroatoms. The van der Waals surface area contributed by atoms with Gasteiger partial charge < -0.3 is 9.73 Å². The van der Waals surface area contributed by atoms with Crippen molar-refractivity contribution in [1.29, 1.82) is 0 Å². The Morgan fingerprint density at radius 3 is 2.76 bits per heavy atom. The lowest BCUT2D eigenvalue weighted by atomic mass is 10.2. The van der Waals surface area contributed by atoms with Crippen molar-refractivity contribution in [3.63, 3.8) is 0 Å². The molecular weight excluding hydrogens is 342 g/mol. The molecule has 25 heavy (non-hydrogen) atoms. The molecule has 0 aliphatic carbocycles. The third-order valence-corrected chi connectivity index (χ3v) is 4.12. The van der Waals surface area contributed by atoms with Crippen molar-refractivity contribution in [2.45, 2.75) is 19.5 Å². The first-order valence-corrected chi connectivity index (χ1v) is 8.09. The van der Waals surface area contributed by atoms with Gasteiger partial charge in [-0.15, -0.1) is 0 Å². The third-order valence-electron chi connectivity index (χ3n) is 3.76. The number of carbonyl (C=O) groups is 1. The second kappa shape index (κ2) is 7.36. The lowest BCUT2D eigenvalue weighted by Crippen LogP contribution is -2.36. The Hall–Kier alpha value is -2.86. The molecule has 1 atom stereocenters. The fourth-order valence-electron chi connectivity index (χ4n) is 2.34. The Kier molecular flexibility index (Phi) is 5.00. The van der Waals surface area contributed by atoms with Gasteiger partial charge in [-0.25, -0.2) is 4.68 Å². The smallest absolute Gasteiger partial charge is 0.267 e. The zero-order chi connectivity index (χ0) is 17.8. The van der Waals surface area contributed by atoms with Crippen molar-refractivity contribution in [2.24, 2.45) is 0 Å². The first-order valence-electron chi connectivity index (χ1n) is 7.71. The first-order chi connectivity index (χ1) is 12.1. The lowest BCUT2D eigenvalue weighted by Gasteiger charge is -2.15. The second-order valence-corrected chi connectivity index (χ2v) is 5.87. The van der Waals surface area contributed by atoms with Crippen molar-refractivity contribution in [3.8, 4) is 11.5 Å². The van der Waals surface area contributed by atoms with Crippen LogP contribution in [0.15, 0.2) is 64.0 Å². The number of halogens is 1. The van der Waals surface area contributed by atoms with E-state index in [-0.39, 0.29) is 18.0 Å². The van der Waals surface area contributed by atoms with Gasteiger partial charge in [0.2, 0.25) is 5.91 Å². The molecule has 0 radical (unpaired) electrons. The van der Waals surface area contributed by atoms with E-state index < -0.39 is 6.04 Å². The van der Waals surface area contributed by atoms with Crippen LogP contribution in [0.5, 0.6) is 0 Å². The zero-order valence-electron chi connectivity index (χ0n) is 13.5. The van der Waals surface area contributed by atoms with Crippen LogP contribution in [-0.4, -0.2) is 15.7 Å². The van der Waals surface area contributed by atoms with E-state index in [0.717, 1.165) is 10.2 Å². The number of rotatable bonds is 5. The molecule has 1 aromatic carbocycles. The summed E-state index contributed by atoms with van der Waals surface area (Å²) in [6, 6.07) is 12.9. The van der Waals surface area contributed by atoms with Crippen LogP contribution in [0.1, 0.15) is 18.5 Å². The molecule has 1 amide bonds. The van der Waals surface area contributed by atoms with Gasteiger partial charge >= 0.3 is 0 Å². The van der Waals surface area contributed by atoms with Crippen molar-refractivity contribution in [1.82, 2.24) is 15.1 Å². The van der Waals surface area contributed by atoms with Gasteiger partial charge in [-0.1, -0.05) is 29.8 Å². The maximum atomic E-state index is 12.4. The molecule has 2 aromatic heterocycles. The minimum absolute atomic E-state index is 0.273. The van der Waals surface area contributed by atoms with Crippen molar-refractivity contribution < 1.29 is 9.21 Å². The van der Waals surface area contributed by atoms with Crippen LogP contribution in [0.3, 0.4) is 0 Å². The summed E-state index contributed by atoms with van der Waals surface area (Å²) >= 11 is 6.08. The molecule has 3 aromatic rings. The highest BCUT2D eigenvalue weighted by molar-refractivity contribution is 6.31. The summed E-state index contributed by atoms with van der Waals surface area (Å²) < 4.78 is 6.42. The van der Waals surface area contributed by atoms with E-state index in [0.29, 0.717) is 16.5 Å². The number of nitrogens with one attached hydrogen (secondary N) is 1. The van der Waals surface area contributed by atoms with Gasteiger partial charge in [0.15, 0.2) is 5.76 Å². The van der Waals surface area contributed by atoms with Crippen molar-refractivity contribution >= 4 is 17.5 Å². The van der Waals surface area contributed by atoms with Crippen LogP contribution in [0.2, 0.25) is 5.02 Å². The standard InChI is InChI=1S/C18H16ClN3O3/c1-12(18(24)20-11-13-5-2-3-6-14(13)19)22-17(23)9-8-15(21-22)16-7-4-10-25-16/h2-10,12H,11H2,1H3,(H,20,24). The van der Waals surface area contributed by atoms with Gasteiger partial charge in [0.05, 0.1) is 6.26 Å². The van der Waals surface area contributed by atoms with Crippen LogP contribution in [0.25, 0.3) is 11.5 Å². The van der Waals surface area contributed by atoms with Crippen LogP contribution in [-0.2, 0) is 11.3 Å². The van der Waals surface area contributed by atoms with Crippen LogP contribution in [0, 0.1) is 0 Å². The van der Waals surface area contributed by atoms with E-state index in [1.54, 1.807) is 31.2 Å². The van der Waals surface area contributed by atoms with Crippen molar-refractivity contribution in [2.75, 3.05) is 0 Å². The SMILES string of the molecule is CC(C(=O)NCc1ccccc1Cl)n1nc(-c2ccco2)ccc1=O. The van der Waals surface area contributed by atoms with Gasteiger partial charge in [0.1, 0.15) is 11.7 Å². The van der Waals surface area contributed by atoms with Crippen LogP contribution < -0.4 is 10.9 Å². The molecule has 6 nitrogen and oxygen atoms in total. The number of hydrogen-bond donors (Lipinski definition) is 1. The number of aromatic nitrogens is 2. The van der Waals surface area contributed by atoms with Gasteiger partial charge in [0.25, 0.3) is 5.56 Å². The monoisotopic (exact) mass is 357 g/mol. The van der Waals surface area contributed by atoms with E-state index >= 15 is 0 Å². The fourth-order valence-corrected chi connectivity index (χ4v) is 2.54. The molecule has 0 bridgehead atoms. The highest BCUT2D eigenvalue weighted by Crippen LogP contribution is 2.17. The predicted octanol–water partition coefficient (Wildman–Crippen LogP) is 3.03. The molecule has 0 spiro atoms. The summed E-state index contributed by atoms with van der Waals surface area (Å²) in [7, 11) is 0. The summed E-state index contributed by atoms with van der Waals surface area (Å²) in [5.74, 6) is 0.198. The molecule has 128 valence electrons. The average molecular weight is 358 g/mol. The maximum absolute atomic E-state index is 12.4. The minimum Gasteiger partial charge on any atom is -0.463 e. The van der Waals surface area contributed by atoms with E-state index in [1.165, 1.54) is 12.3 Å². The summed E-state index contributed by atoms with van der Waals surface area (Å²) in [6.45, 7) is 1.89. The normalized spacial score (nSPS) is 11.9. The van der Waals surface area contributed by atoms with Gasteiger partial charge in [-0.2, -0.15) is 5.10 Å². The summed E-state index contributed by atoms with van der Waals surface area (Å²) in [4.78, 5) is 24.5. The lowest BCUT2D eigenvalue weighted by molar-refractivity contribution is -0.124. The molecule has 0 fully saturated rings. The van der Waals surface area contributed by atoms with Crippen molar-refractivity contribution in [3.05, 3.63) is 75.7 Å². The summed E-state index contributed by atoms with van der Waals surface area (Å²) in [6.07, 6.45) is 1.52. The van der Waals surface area contributed by atoms with Crippen LogP contribution >= 0.6 is 11.6 Å². The molecule has 1 N–H and O–H groups in total. The minimum atomic E-state index is -0.773. The largest absolute Gasteiger partial charge is 0.463 e. The number of hydrogen-bond acceptors (Lipinski definition) is 4. The third kappa shape index (κ3) is 3.80. The number of furan rings is 1. The van der Waals surface area contributed by atoms with E-state index in [1.807, 2.05) is 18.2 Å². The predicted molar refractivity (Wildman–Crippen MR) is 94.2 cm³/mol. The molecule has 3 rings (SSSR count). The van der Waals surface area contributed by atoms with E-state index in [4.69, 9.17) is 16.0 Å². The summed E-state index contributed by atoms with van der Waals surface area (Å²) in [5, 5.41) is 7.58. The zero-order valence-corrected chi connectivity index (χ0v) is 14.2. The maximum Gasteiger partial charge on any atom is 0.267 e. The summed E-state index contributed by atoms with van der Waals surface area (Å²) in [5.41, 5.74) is 0.917. The number of carbonyl (C=O) groups excluding carboxylic acids is 1. The first kappa shape index (κ1) is 17.0. The Balaban J connectivity index is 1.77. The average Bonchev–Trinajstić information content (AvgIpc) is 3.15. The molecule has 0 saturated carbocycles. The fraction of sp³-hybridized carbons (Fsp3) is 0.167. The second-order valence-electron chi connectivity index (χ2n) is 5.46. The molecule has 0 saturated heterocycles. The highest BCUT2D eigenvalue weighted by atomic mass is 35.5. The van der Waals surface area contributed by atoms with Gasteiger partial charge in [-0.05, 0) is 36.8 Å². The Bertz CT molecular complexity index is 935. The quantitative estimate of drug-likeness (QED) is 0.761. The number of nitrogens with zero attached hydrogens (tertiary/aromatic N) is 2. The van der Waals surface area contributed by atoms with Gasteiger partial charge in [-0.3, -0.25) is 9.59 Å². The molecular formula is C18H16ClN3O3. The van der Waals surface area contributed by atoms with Gasteiger partial charge in [0, 0.05) is 17.6 Å². The Labute approximate surface area is 149 Å². The topological polar surface area (TPSA) is 77.1 Å². The van der Waals surface area contributed by atoms with Crippen LogP contribution in [0.4, 0.5) is 0 Å². The molecule has 0 aliphatic heterocycles. The Morgan fingerprint density at radius 1 is 1.24 bits per heavy atom. The highest BCUT2D eigenvalue weighted by Gasteiger charge is 2.18. The Morgan fingerprint density at radius 2 is 2.04 bits per heavy atom. The molecule has 0 aliphatic rings. The molecule has 2 heterocycles.